The molecular weight excluding hydrogens is 254 g/mol. The first-order chi connectivity index (χ1) is 9.25. The van der Waals surface area contributed by atoms with E-state index >= 15 is 0 Å². The summed E-state index contributed by atoms with van der Waals surface area (Å²) in [7, 11) is 0. The Balaban J connectivity index is 2.94. The Kier molecular flexibility index (Phi) is 5.57. The second-order valence-electron chi connectivity index (χ2n) is 5.90. The molecule has 4 nitrogen and oxygen atoms in total. The number of hydrogen-bond acceptors (Lipinski definition) is 3. The first kappa shape index (κ1) is 16.5. The Morgan fingerprint density at radius 3 is 2.20 bits per heavy atom. The lowest BCUT2D eigenvalue weighted by molar-refractivity contribution is -0.144. The first-order valence-corrected chi connectivity index (χ1v) is 7.01. The Labute approximate surface area is 121 Å². The Morgan fingerprint density at radius 1 is 1.25 bits per heavy atom. The fraction of sp³-hybridized carbons (Fsp3) is 0.562. The minimum atomic E-state index is -1.08. The summed E-state index contributed by atoms with van der Waals surface area (Å²) in [5.41, 5.74) is -0.359. The molecule has 0 saturated heterocycles. The molecule has 0 aliphatic heterocycles. The van der Waals surface area contributed by atoms with Crippen molar-refractivity contribution in [3.05, 3.63) is 29.8 Å². The molecular formula is C16H25NO3. The van der Waals surface area contributed by atoms with E-state index in [0.717, 1.165) is 11.3 Å². The van der Waals surface area contributed by atoms with Crippen LogP contribution in [0.1, 0.15) is 40.2 Å². The van der Waals surface area contributed by atoms with Crippen LogP contribution in [-0.2, 0) is 10.3 Å². The maximum atomic E-state index is 11.6. The zero-order valence-corrected chi connectivity index (χ0v) is 12.9. The van der Waals surface area contributed by atoms with Gasteiger partial charge >= 0.3 is 5.97 Å². The zero-order valence-electron chi connectivity index (χ0n) is 12.9. The molecule has 0 aliphatic carbocycles. The molecule has 0 amide bonds. The summed E-state index contributed by atoms with van der Waals surface area (Å²) in [6.07, 6.45) is 0.103. The van der Waals surface area contributed by atoms with Gasteiger partial charge in [0, 0.05) is 0 Å². The molecule has 4 heteroatoms. The van der Waals surface area contributed by atoms with E-state index < -0.39 is 11.5 Å². The summed E-state index contributed by atoms with van der Waals surface area (Å²) < 4.78 is 5.57. The molecule has 1 atom stereocenters. The summed E-state index contributed by atoms with van der Waals surface area (Å²) in [5, 5.41) is 12.7. The number of carboxylic acids is 1. The molecule has 112 valence electrons. The van der Waals surface area contributed by atoms with Crippen LogP contribution in [-0.4, -0.2) is 23.7 Å². The Bertz CT molecular complexity index is 440. The van der Waals surface area contributed by atoms with Gasteiger partial charge in [-0.2, -0.15) is 0 Å². The van der Waals surface area contributed by atoms with Crippen molar-refractivity contribution in [2.45, 2.75) is 46.3 Å². The van der Waals surface area contributed by atoms with Crippen molar-refractivity contribution in [2.75, 3.05) is 6.54 Å². The standard InChI is InChI=1S/C16H25NO3/c1-11(2)10-17-16(5,15(18)19)13-6-8-14(9-7-13)20-12(3)4/h6-9,11-12,17H,10H2,1-5H3,(H,18,19). The largest absolute Gasteiger partial charge is 0.491 e. The number of carbonyl (C=O) groups is 1. The monoisotopic (exact) mass is 279 g/mol. The molecule has 0 radical (unpaired) electrons. The molecule has 0 bridgehead atoms. The highest BCUT2D eigenvalue weighted by Gasteiger charge is 2.34. The maximum Gasteiger partial charge on any atom is 0.328 e. The van der Waals surface area contributed by atoms with Crippen LogP contribution < -0.4 is 10.1 Å². The van der Waals surface area contributed by atoms with Gasteiger partial charge in [-0.25, -0.2) is 4.79 Å². The second kappa shape index (κ2) is 6.75. The van der Waals surface area contributed by atoms with Gasteiger partial charge in [-0.3, -0.25) is 5.32 Å². The third-order valence-electron chi connectivity index (χ3n) is 3.10. The average molecular weight is 279 g/mol. The van der Waals surface area contributed by atoms with Gasteiger partial charge in [0.15, 0.2) is 0 Å². The van der Waals surface area contributed by atoms with Gasteiger partial charge in [-0.05, 0) is 50.9 Å². The predicted molar refractivity (Wildman–Crippen MR) is 80.0 cm³/mol. The van der Waals surface area contributed by atoms with Crippen molar-refractivity contribution in [2.24, 2.45) is 5.92 Å². The topological polar surface area (TPSA) is 58.6 Å². The lowest BCUT2D eigenvalue weighted by Crippen LogP contribution is -2.48. The van der Waals surface area contributed by atoms with E-state index in [2.05, 4.69) is 19.2 Å². The molecule has 0 heterocycles. The number of nitrogens with one attached hydrogen (secondary N) is 1. The van der Waals surface area contributed by atoms with Gasteiger partial charge in [0.2, 0.25) is 0 Å². The van der Waals surface area contributed by atoms with Gasteiger partial charge in [-0.1, -0.05) is 26.0 Å². The lowest BCUT2D eigenvalue weighted by Gasteiger charge is -2.28. The van der Waals surface area contributed by atoms with Gasteiger partial charge in [0.1, 0.15) is 11.3 Å². The van der Waals surface area contributed by atoms with Crippen LogP contribution >= 0.6 is 0 Å². The lowest BCUT2D eigenvalue weighted by atomic mass is 9.91. The second-order valence-corrected chi connectivity index (χ2v) is 5.90. The molecule has 1 unspecified atom stereocenters. The van der Waals surface area contributed by atoms with E-state index in [4.69, 9.17) is 4.74 Å². The van der Waals surface area contributed by atoms with Gasteiger partial charge < -0.3 is 9.84 Å². The van der Waals surface area contributed by atoms with Crippen LogP contribution in [0.3, 0.4) is 0 Å². The fourth-order valence-corrected chi connectivity index (χ4v) is 1.85. The van der Waals surface area contributed by atoms with Gasteiger partial charge in [0.25, 0.3) is 0 Å². The maximum absolute atomic E-state index is 11.6. The summed E-state index contributed by atoms with van der Waals surface area (Å²) in [6.45, 7) is 10.4. The van der Waals surface area contributed by atoms with Crippen molar-refractivity contribution >= 4 is 5.97 Å². The van der Waals surface area contributed by atoms with E-state index in [1.54, 1.807) is 19.1 Å². The van der Waals surface area contributed by atoms with Crippen LogP contribution in [0.15, 0.2) is 24.3 Å². The highest BCUT2D eigenvalue weighted by atomic mass is 16.5. The summed E-state index contributed by atoms with van der Waals surface area (Å²) in [6, 6.07) is 7.24. The number of rotatable bonds is 7. The molecule has 0 aromatic heterocycles. The Morgan fingerprint density at radius 2 is 1.80 bits per heavy atom. The van der Waals surface area contributed by atoms with E-state index in [-0.39, 0.29) is 6.10 Å². The number of benzene rings is 1. The van der Waals surface area contributed by atoms with E-state index in [0.29, 0.717) is 12.5 Å². The molecule has 1 aromatic carbocycles. The highest BCUT2D eigenvalue weighted by Crippen LogP contribution is 2.24. The molecule has 0 saturated carbocycles. The van der Waals surface area contributed by atoms with Crippen LogP contribution in [0.2, 0.25) is 0 Å². The third-order valence-corrected chi connectivity index (χ3v) is 3.10. The van der Waals surface area contributed by atoms with Gasteiger partial charge in [0.05, 0.1) is 6.10 Å². The number of ether oxygens (including phenoxy) is 1. The van der Waals surface area contributed by atoms with E-state index in [9.17, 15) is 9.90 Å². The van der Waals surface area contributed by atoms with Gasteiger partial charge in [-0.15, -0.1) is 0 Å². The number of carboxylic acid groups (broad SMARTS) is 1. The zero-order chi connectivity index (χ0) is 15.3. The molecule has 1 aromatic rings. The van der Waals surface area contributed by atoms with E-state index in [1.807, 2.05) is 26.0 Å². The molecule has 0 fully saturated rings. The molecule has 2 N–H and O–H groups in total. The summed E-state index contributed by atoms with van der Waals surface area (Å²) in [4.78, 5) is 11.6. The normalized spacial score (nSPS) is 14.3. The van der Waals surface area contributed by atoms with Crippen LogP contribution in [0.4, 0.5) is 0 Å². The van der Waals surface area contributed by atoms with Crippen molar-refractivity contribution in [3.8, 4) is 5.75 Å². The summed E-state index contributed by atoms with van der Waals surface area (Å²) >= 11 is 0. The van der Waals surface area contributed by atoms with Crippen molar-refractivity contribution in [1.82, 2.24) is 5.32 Å². The van der Waals surface area contributed by atoms with Crippen molar-refractivity contribution in [1.29, 1.82) is 0 Å². The van der Waals surface area contributed by atoms with Crippen LogP contribution in [0.5, 0.6) is 5.75 Å². The Hall–Kier alpha value is -1.55. The van der Waals surface area contributed by atoms with E-state index in [1.165, 1.54) is 0 Å². The predicted octanol–water partition coefficient (Wildman–Crippen LogP) is 3.02. The SMILES string of the molecule is CC(C)CNC(C)(C(=O)O)c1ccc(OC(C)C)cc1. The quantitative estimate of drug-likeness (QED) is 0.805. The molecule has 0 aliphatic rings. The summed E-state index contributed by atoms with van der Waals surface area (Å²) in [5.74, 6) is 0.258. The highest BCUT2D eigenvalue weighted by molar-refractivity contribution is 5.80. The molecule has 0 spiro atoms. The fourth-order valence-electron chi connectivity index (χ4n) is 1.85. The molecule has 1 rings (SSSR count). The average Bonchev–Trinajstić information content (AvgIpc) is 2.35. The number of aliphatic carboxylic acids is 1. The van der Waals surface area contributed by atoms with Crippen LogP contribution in [0, 0.1) is 5.92 Å². The number of hydrogen-bond donors (Lipinski definition) is 2. The third kappa shape index (κ3) is 4.23. The first-order valence-electron chi connectivity index (χ1n) is 7.01. The van der Waals surface area contributed by atoms with Crippen molar-refractivity contribution < 1.29 is 14.6 Å². The minimum absolute atomic E-state index is 0.103. The van der Waals surface area contributed by atoms with Crippen LogP contribution in [0.25, 0.3) is 0 Å². The minimum Gasteiger partial charge on any atom is -0.491 e. The molecule has 20 heavy (non-hydrogen) atoms. The van der Waals surface area contributed by atoms with Crippen molar-refractivity contribution in [3.63, 3.8) is 0 Å². The smallest absolute Gasteiger partial charge is 0.328 e.